The Hall–Kier alpha value is -0.400. The highest BCUT2D eigenvalue weighted by atomic mass is 16.7. The Labute approximate surface area is 297 Å². The van der Waals surface area contributed by atoms with Crippen molar-refractivity contribution in [2.45, 2.75) is 207 Å². The molecule has 0 aromatic heterocycles. The van der Waals surface area contributed by atoms with E-state index in [-0.39, 0.29) is 78.4 Å². The first-order valence-corrected chi connectivity index (χ1v) is 19.2. The zero-order chi connectivity index (χ0) is 36.3. The molecule has 10 heteroatoms. The first kappa shape index (κ1) is 39.8. The molecule has 1 unspecified atom stereocenters. The van der Waals surface area contributed by atoms with Crippen LogP contribution in [0.4, 0.5) is 0 Å². The molecular formula is C39H70O10. The highest BCUT2D eigenvalue weighted by Crippen LogP contribution is 2.45. The molecule has 5 rings (SSSR count). The van der Waals surface area contributed by atoms with E-state index in [0.29, 0.717) is 13.2 Å². The van der Waals surface area contributed by atoms with Gasteiger partial charge in [-0.25, -0.2) is 0 Å². The van der Waals surface area contributed by atoms with E-state index in [0.717, 1.165) is 25.7 Å². The zero-order valence-corrected chi connectivity index (χ0v) is 33.3. The van der Waals surface area contributed by atoms with E-state index in [4.69, 9.17) is 47.4 Å². The fourth-order valence-corrected chi connectivity index (χ4v) is 9.15. The third-order valence-corrected chi connectivity index (χ3v) is 11.4. The Kier molecular flexibility index (Phi) is 11.7. The summed E-state index contributed by atoms with van der Waals surface area (Å²) in [6, 6.07) is 0. The van der Waals surface area contributed by atoms with Gasteiger partial charge in [0.15, 0.2) is 28.9 Å². The second kappa shape index (κ2) is 14.4. The Morgan fingerprint density at radius 1 is 0.510 bits per heavy atom. The molecule has 10 nitrogen and oxygen atoms in total. The summed E-state index contributed by atoms with van der Waals surface area (Å²) in [7, 11) is 0. The van der Waals surface area contributed by atoms with Crippen LogP contribution in [0.15, 0.2) is 0 Å². The topological polar surface area (TPSA) is 92.3 Å². The summed E-state index contributed by atoms with van der Waals surface area (Å²) in [6.45, 7) is 32.7. The molecule has 0 saturated carbocycles. The van der Waals surface area contributed by atoms with Gasteiger partial charge in [0.05, 0.1) is 62.0 Å². The highest BCUT2D eigenvalue weighted by Gasteiger charge is 2.52. The molecule has 5 aliphatic rings. The quantitative estimate of drug-likeness (QED) is 0.253. The van der Waals surface area contributed by atoms with Gasteiger partial charge >= 0.3 is 0 Å². The van der Waals surface area contributed by atoms with Crippen molar-refractivity contribution in [3.63, 3.8) is 0 Å². The van der Waals surface area contributed by atoms with Crippen LogP contribution >= 0.6 is 0 Å². The van der Waals surface area contributed by atoms with Gasteiger partial charge in [0.2, 0.25) is 0 Å². The molecule has 5 saturated heterocycles. The van der Waals surface area contributed by atoms with Crippen LogP contribution in [0.2, 0.25) is 0 Å². The zero-order valence-electron chi connectivity index (χ0n) is 33.3. The van der Waals surface area contributed by atoms with E-state index in [1.54, 1.807) is 0 Å². The highest BCUT2D eigenvalue weighted by molar-refractivity contribution is 4.96. The fraction of sp³-hybridized carbons (Fsp3) is 1.00. The van der Waals surface area contributed by atoms with Gasteiger partial charge in [0.25, 0.3) is 0 Å². The number of hydrogen-bond acceptors (Lipinski definition) is 10. The SMILES string of the molecule is CC([C@H]1OC(C)(C)O[C@@H](C[C@H]2OC(C)(C)O[C@@H]([C@@H](C)[C@H]3OC(C)(C)OC[C@H]3C)[C@H]2C)[C@@H]1C)[C@H]1C[C@@H](C[C@H]2CCOC(C)(C)O2)OC(C)(C)O1. The number of rotatable bonds is 8. The van der Waals surface area contributed by atoms with Gasteiger partial charge in [0, 0.05) is 48.9 Å². The van der Waals surface area contributed by atoms with Crippen molar-refractivity contribution < 1.29 is 47.4 Å². The van der Waals surface area contributed by atoms with Gasteiger partial charge in [-0.3, -0.25) is 0 Å². The number of hydrogen-bond donors (Lipinski definition) is 0. The first-order chi connectivity index (χ1) is 22.5. The molecule has 0 N–H and O–H groups in total. The first-order valence-electron chi connectivity index (χ1n) is 19.2. The predicted octanol–water partition coefficient (Wildman–Crippen LogP) is 7.59. The summed E-state index contributed by atoms with van der Waals surface area (Å²) < 4.78 is 64.5. The summed E-state index contributed by atoms with van der Waals surface area (Å²) in [6.07, 6.45) is 3.00. The van der Waals surface area contributed by atoms with Crippen LogP contribution < -0.4 is 0 Å². The normalized spacial score (nSPS) is 44.5. The molecule has 0 radical (unpaired) electrons. The average Bonchev–Trinajstić information content (AvgIpc) is 2.95. The Bertz CT molecular complexity index is 1110. The van der Waals surface area contributed by atoms with Crippen molar-refractivity contribution in [3.8, 4) is 0 Å². The minimum absolute atomic E-state index is 0.0136. The minimum Gasteiger partial charge on any atom is -0.350 e. The Balaban J connectivity index is 1.29. The average molecular weight is 699 g/mol. The molecule has 0 aromatic carbocycles. The van der Waals surface area contributed by atoms with Crippen molar-refractivity contribution in [2.75, 3.05) is 13.2 Å². The molecule has 5 aliphatic heterocycles. The van der Waals surface area contributed by atoms with Crippen LogP contribution in [-0.2, 0) is 47.4 Å². The lowest BCUT2D eigenvalue weighted by Crippen LogP contribution is -2.60. The van der Waals surface area contributed by atoms with Gasteiger partial charge in [-0.2, -0.15) is 0 Å². The lowest BCUT2D eigenvalue weighted by atomic mass is 9.77. The van der Waals surface area contributed by atoms with Crippen LogP contribution in [-0.4, -0.2) is 91.0 Å². The summed E-state index contributed by atoms with van der Waals surface area (Å²) in [4.78, 5) is 0. The molecule has 0 spiro atoms. The smallest absolute Gasteiger partial charge is 0.163 e. The van der Waals surface area contributed by atoms with E-state index >= 15 is 0 Å². The monoisotopic (exact) mass is 698 g/mol. The van der Waals surface area contributed by atoms with Gasteiger partial charge in [-0.15, -0.1) is 0 Å². The van der Waals surface area contributed by atoms with Crippen LogP contribution in [0.1, 0.15) is 130 Å². The van der Waals surface area contributed by atoms with Crippen LogP contribution in [0.5, 0.6) is 0 Å². The van der Waals surface area contributed by atoms with Crippen LogP contribution in [0.3, 0.4) is 0 Å². The number of ether oxygens (including phenoxy) is 10. The molecule has 13 atom stereocenters. The summed E-state index contributed by atoms with van der Waals surface area (Å²) in [5.41, 5.74) is 0. The van der Waals surface area contributed by atoms with Crippen molar-refractivity contribution in [2.24, 2.45) is 29.6 Å². The predicted molar refractivity (Wildman–Crippen MR) is 186 cm³/mol. The third-order valence-electron chi connectivity index (χ3n) is 11.4. The van der Waals surface area contributed by atoms with Crippen LogP contribution in [0, 0.1) is 29.6 Å². The van der Waals surface area contributed by atoms with Gasteiger partial charge < -0.3 is 47.4 Å². The molecule has 0 amide bonds. The molecule has 0 aromatic rings. The maximum atomic E-state index is 6.76. The van der Waals surface area contributed by atoms with Crippen molar-refractivity contribution in [3.05, 3.63) is 0 Å². The summed E-state index contributed by atoms with van der Waals surface area (Å²) >= 11 is 0. The molecule has 286 valence electrons. The van der Waals surface area contributed by atoms with E-state index in [1.807, 2.05) is 69.2 Å². The Morgan fingerprint density at radius 3 is 1.57 bits per heavy atom. The van der Waals surface area contributed by atoms with Gasteiger partial charge in [-0.1, -0.05) is 34.6 Å². The van der Waals surface area contributed by atoms with Crippen molar-refractivity contribution in [1.29, 1.82) is 0 Å². The lowest BCUT2D eigenvalue weighted by molar-refractivity contribution is -0.367. The van der Waals surface area contributed by atoms with E-state index in [9.17, 15) is 0 Å². The van der Waals surface area contributed by atoms with E-state index in [2.05, 4.69) is 34.6 Å². The maximum absolute atomic E-state index is 6.76. The molecule has 49 heavy (non-hydrogen) atoms. The molecule has 0 aliphatic carbocycles. The van der Waals surface area contributed by atoms with Gasteiger partial charge in [-0.05, 0) is 75.7 Å². The minimum atomic E-state index is -0.759. The summed E-state index contributed by atoms with van der Waals surface area (Å²) in [5, 5.41) is 0. The van der Waals surface area contributed by atoms with Crippen molar-refractivity contribution in [1.82, 2.24) is 0 Å². The van der Waals surface area contributed by atoms with Crippen LogP contribution in [0.25, 0.3) is 0 Å². The molecule has 0 bridgehead atoms. The van der Waals surface area contributed by atoms with Crippen molar-refractivity contribution >= 4 is 0 Å². The maximum Gasteiger partial charge on any atom is 0.163 e. The second-order valence-electron chi connectivity index (χ2n) is 18.3. The second-order valence-corrected chi connectivity index (χ2v) is 18.3. The molecular weight excluding hydrogens is 628 g/mol. The fourth-order valence-electron chi connectivity index (χ4n) is 9.15. The standard InChI is InChI=1S/C39H70O10/c1-22-21-41-36(8,9)47-32(22)26(5)34-25(4)31(46-39(14,15)49-34)20-30-24(3)33(48-38(12,13)45-30)23(2)29-19-28(43-37(10,11)44-29)18-27-16-17-40-35(6,7)42-27/h22-34H,16-21H2,1-15H3/t22-,23?,24+,25+,26+,27-,28-,29-,30+,31-,32+,33-,34-/m1/s1. The lowest BCUT2D eigenvalue weighted by Gasteiger charge is -2.53. The third kappa shape index (κ3) is 9.78. The Morgan fingerprint density at radius 2 is 1.00 bits per heavy atom. The van der Waals surface area contributed by atoms with E-state index < -0.39 is 28.9 Å². The molecule has 5 fully saturated rings. The largest absolute Gasteiger partial charge is 0.350 e. The summed E-state index contributed by atoms with van der Waals surface area (Å²) in [5.74, 6) is -2.66. The molecule has 5 heterocycles. The van der Waals surface area contributed by atoms with Gasteiger partial charge in [0.1, 0.15) is 0 Å². The van der Waals surface area contributed by atoms with E-state index in [1.165, 1.54) is 0 Å².